The Morgan fingerprint density at radius 3 is 1.70 bits per heavy atom. The molecule has 2 aromatic carbocycles. The summed E-state index contributed by atoms with van der Waals surface area (Å²) in [5, 5.41) is 4.47. The number of piperidine rings is 1. The highest BCUT2D eigenvalue weighted by molar-refractivity contribution is 5.61. The van der Waals surface area contributed by atoms with Crippen LogP contribution in [0.25, 0.3) is 0 Å². The van der Waals surface area contributed by atoms with E-state index in [1.54, 1.807) is 0 Å². The van der Waals surface area contributed by atoms with Crippen molar-refractivity contribution >= 4 is 11.4 Å². The van der Waals surface area contributed by atoms with Gasteiger partial charge in [0.2, 0.25) is 0 Å². The second-order valence-electron chi connectivity index (χ2n) is 5.15. The quantitative estimate of drug-likeness (QED) is 0.852. The second kappa shape index (κ2) is 6.55. The molecule has 0 saturated carbocycles. The Hall–Kier alpha value is -1.84. The highest BCUT2D eigenvalue weighted by Gasteiger charge is 2.15. The fraction of sp³-hybridized carbons (Fsp3) is 0.294. The first-order chi connectivity index (χ1) is 9.93. The third kappa shape index (κ3) is 3.18. The van der Waals surface area contributed by atoms with Crippen LogP contribution in [-0.4, -0.2) is 18.1 Å². The van der Waals surface area contributed by atoms with Crippen molar-refractivity contribution in [2.75, 3.05) is 18.1 Å². The fourth-order valence-corrected chi connectivity index (χ4v) is 2.55. The molecule has 104 valence electrons. The van der Waals surface area contributed by atoms with Gasteiger partial charge in [0.15, 0.2) is 0 Å². The molecule has 3 heteroatoms. The first-order valence-corrected chi connectivity index (χ1v) is 7.35. The summed E-state index contributed by atoms with van der Waals surface area (Å²) in [5.41, 5.74) is 5.87. The van der Waals surface area contributed by atoms with E-state index in [2.05, 4.69) is 64.1 Å². The lowest BCUT2D eigenvalue weighted by Gasteiger charge is -2.34. The van der Waals surface area contributed by atoms with E-state index in [4.69, 9.17) is 0 Å². The molecule has 3 nitrogen and oxygen atoms in total. The molecular formula is C17H21N3. The van der Waals surface area contributed by atoms with Crippen LogP contribution in [0.3, 0.4) is 0 Å². The third-order valence-corrected chi connectivity index (χ3v) is 3.63. The lowest BCUT2D eigenvalue weighted by atomic mass is 10.2. The van der Waals surface area contributed by atoms with Crippen LogP contribution in [0.15, 0.2) is 60.7 Å². The van der Waals surface area contributed by atoms with Crippen LogP contribution in [0.5, 0.6) is 0 Å². The highest BCUT2D eigenvalue weighted by atomic mass is 15.8. The molecule has 0 unspecified atom stereocenters. The number of rotatable bonds is 4. The number of anilines is 2. The monoisotopic (exact) mass is 267 g/mol. The molecule has 0 aromatic heterocycles. The van der Waals surface area contributed by atoms with Crippen LogP contribution in [-0.2, 0) is 0 Å². The van der Waals surface area contributed by atoms with Gasteiger partial charge in [0.25, 0.3) is 0 Å². The molecule has 0 aliphatic carbocycles. The number of nitrogens with one attached hydrogen (secondary N) is 1. The van der Waals surface area contributed by atoms with Gasteiger partial charge < -0.3 is 0 Å². The Labute approximate surface area is 120 Å². The fourth-order valence-electron chi connectivity index (χ4n) is 2.55. The Morgan fingerprint density at radius 1 is 0.700 bits per heavy atom. The number of benzene rings is 2. The molecule has 1 aliphatic rings. The zero-order valence-corrected chi connectivity index (χ0v) is 11.7. The zero-order valence-electron chi connectivity index (χ0n) is 11.7. The van der Waals surface area contributed by atoms with Crippen LogP contribution >= 0.6 is 0 Å². The minimum Gasteiger partial charge on any atom is -0.263 e. The van der Waals surface area contributed by atoms with Gasteiger partial charge in [0, 0.05) is 13.1 Å². The predicted octanol–water partition coefficient (Wildman–Crippen LogP) is 3.73. The van der Waals surface area contributed by atoms with E-state index >= 15 is 0 Å². The van der Waals surface area contributed by atoms with Gasteiger partial charge in [-0.3, -0.25) is 5.01 Å². The lowest BCUT2D eigenvalue weighted by Crippen LogP contribution is -2.49. The van der Waals surface area contributed by atoms with Crippen LogP contribution < -0.4 is 10.5 Å². The molecule has 1 aliphatic heterocycles. The summed E-state index contributed by atoms with van der Waals surface area (Å²) in [4.78, 5) is 0. The summed E-state index contributed by atoms with van der Waals surface area (Å²) in [7, 11) is 0. The third-order valence-electron chi connectivity index (χ3n) is 3.63. The van der Waals surface area contributed by atoms with Gasteiger partial charge in [0.05, 0.1) is 11.4 Å². The van der Waals surface area contributed by atoms with Crippen molar-refractivity contribution in [3.63, 3.8) is 0 Å². The van der Waals surface area contributed by atoms with Gasteiger partial charge in [-0.25, -0.2) is 5.01 Å². The summed E-state index contributed by atoms with van der Waals surface area (Å²) in [6, 6.07) is 20.9. The molecule has 0 radical (unpaired) electrons. The van der Waals surface area contributed by atoms with Gasteiger partial charge in [-0.2, -0.15) is 5.53 Å². The number of hydrazine groups is 2. The SMILES string of the molecule is c1ccc(N(NN2CCCCC2)c2ccccc2)cc1. The van der Waals surface area contributed by atoms with Crippen LogP contribution in [0.2, 0.25) is 0 Å². The van der Waals surface area contributed by atoms with Crippen molar-refractivity contribution in [1.29, 1.82) is 0 Å². The maximum atomic E-state index is 3.56. The second-order valence-corrected chi connectivity index (χ2v) is 5.15. The zero-order chi connectivity index (χ0) is 13.6. The lowest BCUT2D eigenvalue weighted by molar-refractivity contribution is 0.155. The topological polar surface area (TPSA) is 18.5 Å². The van der Waals surface area contributed by atoms with E-state index in [9.17, 15) is 0 Å². The van der Waals surface area contributed by atoms with Crippen molar-refractivity contribution in [1.82, 2.24) is 10.5 Å². The normalized spacial score (nSPS) is 16.0. The number of hydrogen-bond donors (Lipinski definition) is 1. The molecule has 0 bridgehead atoms. The van der Waals surface area contributed by atoms with Gasteiger partial charge >= 0.3 is 0 Å². The molecule has 2 aromatic rings. The molecule has 1 fully saturated rings. The van der Waals surface area contributed by atoms with E-state index in [0.29, 0.717) is 0 Å². The maximum absolute atomic E-state index is 3.56. The minimum absolute atomic E-state index is 1.11. The molecule has 1 heterocycles. The number of nitrogens with zero attached hydrogens (tertiary/aromatic N) is 2. The van der Waals surface area contributed by atoms with E-state index in [-0.39, 0.29) is 0 Å². The average molecular weight is 267 g/mol. The first kappa shape index (κ1) is 13.2. The Balaban J connectivity index is 1.83. The van der Waals surface area contributed by atoms with Gasteiger partial charge in [-0.05, 0) is 37.1 Å². The molecule has 0 amide bonds. The first-order valence-electron chi connectivity index (χ1n) is 7.35. The summed E-state index contributed by atoms with van der Waals surface area (Å²) < 4.78 is 0. The molecule has 0 atom stereocenters. The summed E-state index contributed by atoms with van der Waals surface area (Å²) in [5.74, 6) is 0. The van der Waals surface area contributed by atoms with Gasteiger partial charge in [0.1, 0.15) is 0 Å². The smallest absolute Gasteiger partial charge is 0.0591 e. The molecule has 1 N–H and O–H groups in total. The largest absolute Gasteiger partial charge is 0.263 e. The minimum atomic E-state index is 1.11. The van der Waals surface area contributed by atoms with Crippen LogP contribution in [0, 0.1) is 0 Å². The van der Waals surface area contributed by atoms with Crippen molar-refractivity contribution in [2.24, 2.45) is 0 Å². The Kier molecular flexibility index (Phi) is 4.31. The molecule has 1 saturated heterocycles. The van der Waals surface area contributed by atoms with Crippen molar-refractivity contribution < 1.29 is 0 Å². The van der Waals surface area contributed by atoms with E-state index in [1.807, 2.05) is 12.1 Å². The maximum Gasteiger partial charge on any atom is 0.0591 e. The summed E-state index contributed by atoms with van der Waals surface area (Å²) >= 11 is 0. The Bertz CT molecular complexity index is 467. The van der Waals surface area contributed by atoms with Crippen molar-refractivity contribution in [2.45, 2.75) is 19.3 Å². The molecule has 20 heavy (non-hydrogen) atoms. The number of hydrogen-bond acceptors (Lipinski definition) is 3. The molecule has 3 rings (SSSR count). The average Bonchev–Trinajstić information content (AvgIpc) is 2.55. The van der Waals surface area contributed by atoms with E-state index in [0.717, 1.165) is 24.5 Å². The number of para-hydroxylation sites is 2. The summed E-state index contributed by atoms with van der Waals surface area (Å²) in [6.45, 7) is 2.21. The molecule has 0 spiro atoms. The predicted molar refractivity (Wildman–Crippen MR) is 83.6 cm³/mol. The Morgan fingerprint density at radius 2 is 1.20 bits per heavy atom. The summed E-state index contributed by atoms with van der Waals surface area (Å²) in [6.07, 6.45) is 3.88. The van der Waals surface area contributed by atoms with Gasteiger partial charge in [-0.1, -0.05) is 42.8 Å². The van der Waals surface area contributed by atoms with Crippen LogP contribution in [0.1, 0.15) is 19.3 Å². The highest BCUT2D eigenvalue weighted by Crippen LogP contribution is 2.23. The van der Waals surface area contributed by atoms with Crippen LogP contribution in [0.4, 0.5) is 11.4 Å². The van der Waals surface area contributed by atoms with Gasteiger partial charge in [-0.15, -0.1) is 0 Å². The standard InChI is InChI=1S/C17H21N3/c1-4-10-16(11-5-1)20(17-12-6-2-7-13-17)18-19-14-8-3-9-15-19/h1-2,4-7,10-13,18H,3,8-9,14-15H2. The van der Waals surface area contributed by atoms with E-state index < -0.39 is 0 Å². The van der Waals surface area contributed by atoms with Crippen molar-refractivity contribution in [3.8, 4) is 0 Å². The van der Waals surface area contributed by atoms with E-state index in [1.165, 1.54) is 19.3 Å². The van der Waals surface area contributed by atoms with Crippen molar-refractivity contribution in [3.05, 3.63) is 60.7 Å². The molecular weight excluding hydrogens is 246 g/mol.